The van der Waals surface area contributed by atoms with Crippen LogP contribution in [0.2, 0.25) is 0 Å². The van der Waals surface area contributed by atoms with Crippen LogP contribution in [0.25, 0.3) is 0 Å². The van der Waals surface area contributed by atoms with Gasteiger partial charge >= 0.3 is 0 Å². The maximum Gasteiger partial charge on any atom is 0.225 e. The fraction of sp³-hybridized carbons (Fsp3) is 0.944. The molecule has 1 saturated carbocycles. The predicted octanol–water partition coefficient (Wildman–Crippen LogP) is 3.97. The van der Waals surface area contributed by atoms with Crippen molar-refractivity contribution in [2.24, 2.45) is 5.92 Å². The molecule has 1 aliphatic rings. The molecular weight excluding hydrogens is 260 g/mol. The average Bonchev–Trinajstić information content (AvgIpc) is 2.52. The number of hydrogen-bond donors (Lipinski definition) is 1. The quantitative estimate of drug-likeness (QED) is 0.698. The molecule has 0 aliphatic heterocycles. The minimum atomic E-state index is 0.251. The normalized spacial score (nSPS) is 22.5. The van der Waals surface area contributed by atoms with Gasteiger partial charge in [-0.15, -0.1) is 0 Å². The lowest BCUT2D eigenvalue weighted by Gasteiger charge is -2.36. The van der Waals surface area contributed by atoms with Gasteiger partial charge in [0.25, 0.3) is 0 Å². The minimum Gasteiger partial charge on any atom is -0.343 e. The van der Waals surface area contributed by atoms with Crippen LogP contribution in [-0.2, 0) is 4.79 Å². The topological polar surface area (TPSA) is 32.3 Å². The van der Waals surface area contributed by atoms with Gasteiger partial charge in [0, 0.05) is 25.0 Å². The Morgan fingerprint density at radius 2 is 1.62 bits per heavy atom. The Morgan fingerprint density at radius 1 is 1.05 bits per heavy atom. The van der Waals surface area contributed by atoms with Gasteiger partial charge < -0.3 is 10.2 Å². The van der Waals surface area contributed by atoms with E-state index >= 15 is 0 Å². The van der Waals surface area contributed by atoms with Crippen LogP contribution >= 0.6 is 0 Å². The number of carbonyl (C=O) groups excluding carboxylic acids is 1. The maximum absolute atomic E-state index is 12.7. The third-order valence-electron chi connectivity index (χ3n) is 4.90. The van der Waals surface area contributed by atoms with Crippen LogP contribution in [0.5, 0.6) is 0 Å². The second-order valence-corrected chi connectivity index (χ2v) is 6.68. The molecule has 0 saturated heterocycles. The fourth-order valence-electron chi connectivity index (χ4n) is 3.57. The fourth-order valence-corrected chi connectivity index (χ4v) is 3.57. The summed E-state index contributed by atoms with van der Waals surface area (Å²) in [6.45, 7) is 7.70. The molecule has 0 unspecified atom stereocenters. The van der Waals surface area contributed by atoms with Crippen molar-refractivity contribution in [3.05, 3.63) is 0 Å². The maximum atomic E-state index is 12.7. The molecule has 124 valence electrons. The largest absolute Gasteiger partial charge is 0.343 e. The van der Waals surface area contributed by atoms with E-state index in [0.717, 1.165) is 45.1 Å². The van der Waals surface area contributed by atoms with Crippen LogP contribution < -0.4 is 5.32 Å². The summed E-state index contributed by atoms with van der Waals surface area (Å²) in [5.41, 5.74) is 0. The van der Waals surface area contributed by atoms with E-state index < -0.39 is 0 Å². The zero-order valence-electron chi connectivity index (χ0n) is 14.7. The highest BCUT2D eigenvalue weighted by Crippen LogP contribution is 2.25. The molecule has 0 aromatic rings. The summed E-state index contributed by atoms with van der Waals surface area (Å²) >= 11 is 0. The van der Waals surface area contributed by atoms with Gasteiger partial charge in [-0.25, -0.2) is 0 Å². The summed E-state index contributed by atoms with van der Waals surface area (Å²) in [5, 5.41) is 3.62. The first-order valence-electron chi connectivity index (χ1n) is 9.13. The van der Waals surface area contributed by atoms with Gasteiger partial charge in [-0.1, -0.05) is 33.6 Å². The van der Waals surface area contributed by atoms with Crippen LogP contribution in [0.3, 0.4) is 0 Å². The third kappa shape index (κ3) is 5.98. The number of amides is 1. The molecule has 1 N–H and O–H groups in total. The van der Waals surface area contributed by atoms with Gasteiger partial charge in [-0.05, 0) is 51.5 Å². The van der Waals surface area contributed by atoms with Crippen molar-refractivity contribution in [3.63, 3.8) is 0 Å². The first-order chi connectivity index (χ1) is 10.1. The van der Waals surface area contributed by atoms with E-state index in [4.69, 9.17) is 0 Å². The zero-order chi connectivity index (χ0) is 15.7. The first kappa shape index (κ1) is 18.5. The lowest BCUT2D eigenvalue weighted by molar-refractivity contribution is -0.137. The van der Waals surface area contributed by atoms with E-state index in [1.807, 2.05) is 7.05 Å². The third-order valence-corrected chi connectivity index (χ3v) is 4.90. The summed E-state index contributed by atoms with van der Waals surface area (Å²) in [7, 11) is 2.03. The van der Waals surface area contributed by atoms with Crippen LogP contribution in [0, 0.1) is 5.92 Å². The van der Waals surface area contributed by atoms with Gasteiger partial charge in [-0.2, -0.15) is 0 Å². The standard InChI is InChI=1S/C18H36N2O/c1-5-8-15(9-6-2)18(21)20(4)17-12-10-16(11-13-17)19-14-7-3/h15-17,19H,5-14H2,1-4H3. The van der Waals surface area contributed by atoms with Crippen molar-refractivity contribution in [2.75, 3.05) is 13.6 Å². The monoisotopic (exact) mass is 296 g/mol. The van der Waals surface area contributed by atoms with Crippen molar-refractivity contribution in [3.8, 4) is 0 Å². The molecule has 1 fully saturated rings. The van der Waals surface area contributed by atoms with E-state index in [-0.39, 0.29) is 5.92 Å². The molecule has 3 nitrogen and oxygen atoms in total. The van der Waals surface area contributed by atoms with E-state index in [1.165, 1.54) is 19.3 Å². The van der Waals surface area contributed by atoms with Crippen molar-refractivity contribution in [1.29, 1.82) is 0 Å². The summed E-state index contributed by atoms with van der Waals surface area (Å²) in [5.74, 6) is 0.643. The molecule has 1 rings (SSSR count). The molecular formula is C18H36N2O. The van der Waals surface area contributed by atoms with Crippen LogP contribution in [0.1, 0.15) is 78.6 Å². The Kier molecular flexibility index (Phi) is 8.98. The molecule has 0 atom stereocenters. The molecule has 3 heteroatoms. The van der Waals surface area contributed by atoms with E-state index in [2.05, 4.69) is 31.0 Å². The molecule has 1 aliphatic carbocycles. The molecule has 1 amide bonds. The summed E-state index contributed by atoms with van der Waals surface area (Å²) in [6.07, 6.45) is 10.3. The van der Waals surface area contributed by atoms with Gasteiger partial charge in [0.15, 0.2) is 0 Å². The highest BCUT2D eigenvalue weighted by molar-refractivity contribution is 5.78. The molecule has 0 bridgehead atoms. The second-order valence-electron chi connectivity index (χ2n) is 6.68. The van der Waals surface area contributed by atoms with Crippen molar-refractivity contribution >= 4 is 5.91 Å². The zero-order valence-corrected chi connectivity index (χ0v) is 14.7. The molecule has 0 aromatic carbocycles. The highest BCUT2D eigenvalue weighted by atomic mass is 16.2. The number of nitrogens with zero attached hydrogens (tertiary/aromatic N) is 1. The molecule has 0 heterocycles. The Balaban J connectivity index is 2.44. The molecule has 0 radical (unpaired) electrons. The summed E-state index contributed by atoms with van der Waals surface area (Å²) < 4.78 is 0. The van der Waals surface area contributed by atoms with E-state index in [9.17, 15) is 4.79 Å². The second kappa shape index (κ2) is 10.2. The van der Waals surface area contributed by atoms with Gasteiger partial charge in [-0.3, -0.25) is 4.79 Å². The Morgan fingerprint density at radius 3 is 2.10 bits per heavy atom. The van der Waals surface area contributed by atoms with Gasteiger partial charge in [0.1, 0.15) is 0 Å². The van der Waals surface area contributed by atoms with Crippen molar-refractivity contribution in [2.45, 2.75) is 90.6 Å². The SMILES string of the molecule is CCCNC1CCC(N(C)C(=O)C(CCC)CCC)CC1. The molecule has 0 aromatic heterocycles. The van der Waals surface area contributed by atoms with Gasteiger partial charge in [0.05, 0.1) is 0 Å². The Bertz CT molecular complexity index is 279. The molecule has 21 heavy (non-hydrogen) atoms. The van der Waals surface area contributed by atoms with E-state index in [1.54, 1.807) is 0 Å². The van der Waals surface area contributed by atoms with Crippen LogP contribution in [0.4, 0.5) is 0 Å². The summed E-state index contributed by atoms with van der Waals surface area (Å²) in [4.78, 5) is 14.8. The lowest BCUT2D eigenvalue weighted by atomic mass is 9.88. The molecule has 0 spiro atoms. The average molecular weight is 296 g/mol. The summed E-state index contributed by atoms with van der Waals surface area (Å²) in [6, 6.07) is 1.14. The number of nitrogens with one attached hydrogen (secondary N) is 1. The van der Waals surface area contributed by atoms with Crippen molar-refractivity contribution in [1.82, 2.24) is 10.2 Å². The predicted molar refractivity (Wildman–Crippen MR) is 90.4 cm³/mol. The first-order valence-corrected chi connectivity index (χ1v) is 9.13. The lowest BCUT2D eigenvalue weighted by Crippen LogP contribution is -2.45. The minimum absolute atomic E-state index is 0.251. The van der Waals surface area contributed by atoms with Gasteiger partial charge in [0.2, 0.25) is 5.91 Å². The van der Waals surface area contributed by atoms with Crippen LogP contribution in [-0.4, -0.2) is 36.5 Å². The Labute approximate surface area is 131 Å². The van der Waals surface area contributed by atoms with Crippen LogP contribution in [0.15, 0.2) is 0 Å². The van der Waals surface area contributed by atoms with Crippen molar-refractivity contribution < 1.29 is 4.79 Å². The van der Waals surface area contributed by atoms with E-state index in [0.29, 0.717) is 18.0 Å². The Hall–Kier alpha value is -0.570. The number of hydrogen-bond acceptors (Lipinski definition) is 2. The highest BCUT2D eigenvalue weighted by Gasteiger charge is 2.29. The number of rotatable bonds is 9. The smallest absolute Gasteiger partial charge is 0.225 e. The number of carbonyl (C=O) groups is 1.